The van der Waals surface area contributed by atoms with Gasteiger partial charge in [-0.15, -0.1) is 0 Å². The Labute approximate surface area is 149 Å². The zero-order chi connectivity index (χ0) is 19.6. The van der Waals surface area contributed by atoms with Gasteiger partial charge in [-0.1, -0.05) is 0 Å². The van der Waals surface area contributed by atoms with Gasteiger partial charge in [0.1, 0.15) is 5.69 Å². The van der Waals surface area contributed by atoms with Gasteiger partial charge in [0.15, 0.2) is 15.8 Å². The minimum absolute atomic E-state index is 0.0466. The molecule has 6 N–H and O–H groups in total. The Bertz CT molecular complexity index is 870. The van der Waals surface area contributed by atoms with Crippen LogP contribution in [0.5, 0.6) is 0 Å². The smallest absolute Gasteiger partial charge is 0.294 e. The number of aliphatic imine (C=N–C) groups is 1. The average molecular weight is 384 g/mol. The molecule has 26 heavy (non-hydrogen) atoms. The Morgan fingerprint density at radius 1 is 1.31 bits per heavy atom. The number of rotatable bonds is 4. The summed E-state index contributed by atoms with van der Waals surface area (Å²) in [5.74, 6) is -1.50. The molecule has 2 rings (SSSR count). The van der Waals surface area contributed by atoms with Gasteiger partial charge in [0.25, 0.3) is 11.6 Å². The quantitative estimate of drug-likeness (QED) is 0.262. The molecule has 0 unspecified atom stereocenters. The summed E-state index contributed by atoms with van der Waals surface area (Å²) in [6, 6.07) is 1.99. The first kappa shape index (κ1) is 19.6. The molecule has 0 bridgehead atoms. The second-order valence-electron chi connectivity index (χ2n) is 6.04. The van der Waals surface area contributed by atoms with Crippen molar-refractivity contribution in [3.8, 4) is 0 Å². The second kappa shape index (κ2) is 7.25. The molecule has 1 heterocycles. The summed E-state index contributed by atoms with van der Waals surface area (Å²) in [6.45, 7) is 0.734. The van der Waals surface area contributed by atoms with Crippen LogP contribution in [0.25, 0.3) is 0 Å². The Morgan fingerprint density at radius 2 is 1.88 bits per heavy atom. The summed E-state index contributed by atoms with van der Waals surface area (Å²) in [7, 11) is -3.88. The highest BCUT2D eigenvalue weighted by atomic mass is 32.2. The maximum atomic E-state index is 12.3. The number of hydrogen-bond donors (Lipinski definition) is 3. The highest BCUT2D eigenvalue weighted by molar-refractivity contribution is 7.90. The van der Waals surface area contributed by atoms with Crippen molar-refractivity contribution < 1.29 is 18.1 Å². The van der Waals surface area contributed by atoms with Crippen LogP contribution in [0.3, 0.4) is 0 Å². The number of amides is 1. The van der Waals surface area contributed by atoms with E-state index in [0.29, 0.717) is 25.9 Å². The fraction of sp³-hybridized carbons (Fsp3) is 0.429. The van der Waals surface area contributed by atoms with E-state index in [0.717, 1.165) is 18.4 Å². The predicted molar refractivity (Wildman–Crippen MR) is 95.8 cm³/mol. The zero-order valence-electron chi connectivity index (χ0n) is 14.1. The van der Waals surface area contributed by atoms with Crippen molar-refractivity contribution in [2.75, 3.05) is 24.2 Å². The fourth-order valence-electron chi connectivity index (χ4n) is 2.76. The summed E-state index contributed by atoms with van der Waals surface area (Å²) < 4.78 is 24.5. The molecule has 1 aliphatic heterocycles. The monoisotopic (exact) mass is 384 g/mol. The number of benzene rings is 1. The van der Waals surface area contributed by atoms with Crippen molar-refractivity contribution in [1.82, 2.24) is 0 Å². The summed E-state index contributed by atoms with van der Waals surface area (Å²) >= 11 is 0. The second-order valence-corrected chi connectivity index (χ2v) is 8.02. The van der Waals surface area contributed by atoms with Crippen LogP contribution in [-0.2, 0) is 9.84 Å². The first-order valence-corrected chi connectivity index (χ1v) is 9.57. The van der Waals surface area contributed by atoms with Gasteiger partial charge >= 0.3 is 0 Å². The number of nitrogens with two attached hydrogens (primary N) is 3. The molecule has 142 valence electrons. The molecule has 0 radical (unpaired) electrons. The van der Waals surface area contributed by atoms with Crippen LogP contribution in [0.1, 0.15) is 23.2 Å². The molecule has 0 aromatic heterocycles. The molecule has 0 saturated carbocycles. The highest BCUT2D eigenvalue weighted by Gasteiger charge is 2.32. The molecule has 0 spiro atoms. The van der Waals surface area contributed by atoms with E-state index in [2.05, 4.69) is 4.99 Å². The molecular formula is C14H20N6O5S. The number of anilines is 1. The lowest BCUT2D eigenvalue weighted by Crippen LogP contribution is -2.40. The van der Waals surface area contributed by atoms with Gasteiger partial charge in [-0.3, -0.25) is 14.9 Å². The Morgan fingerprint density at radius 3 is 2.35 bits per heavy atom. The van der Waals surface area contributed by atoms with Gasteiger partial charge in [0.2, 0.25) is 0 Å². The number of carbonyl (C=O) groups excluding carboxylic acids is 1. The molecule has 1 aromatic rings. The summed E-state index contributed by atoms with van der Waals surface area (Å²) in [6.07, 6.45) is 2.05. The van der Waals surface area contributed by atoms with Crippen molar-refractivity contribution >= 4 is 33.1 Å². The first-order valence-electron chi connectivity index (χ1n) is 7.67. The molecule has 1 aromatic carbocycles. The van der Waals surface area contributed by atoms with E-state index in [-0.39, 0.29) is 22.2 Å². The fourth-order valence-corrected chi connectivity index (χ4v) is 3.69. The summed E-state index contributed by atoms with van der Waals surface area (Å²) in [5.41, 5.74) is 15.3. The van der Waals surface area contributed by atoms with Crippen LogP contribution >= 0.6 is 0 Å². The number of hydrogen-bond acceptors (Lipinski definition) is 7. The summed E-state index contributed by atoms with van der Waals surface area (Å²) in [5, 5.41) is 11.6. The van der Waals surface area contributed by atoms with Crippen molar-refractivity contribution in [3.05, 3.63) is 27.8 Å². The number of nitro groups is 1. The van der Waals surface area contributed by atoms with E-state index in [1.807, 2.05) is 0 Å². The number of guanidine groups is 1. The Kier molecular flexibility index (Phi) is 5.47. The van der Waals surface area contributed by atoms with Crippen molar-refractivity contribution in [2.45, 2.75) is 23.8 Å². The molecule has 1 saturated heterocycles. The van der Waals surface area contributed by atoms with Gasteiger partial charge in [-0.2, -0.15) is 4.99 Å². The molecule has 0 aliphatic carbocycles. The van der Waals surface area contributed by atoms with Crippen LogP contribution in [-0.4, -0.2) is 50.6 Å². The maximum absolute atomic E-state index is 12.3. The number of sulfone groups is 1. The van der Waals surface area contributed by atoms with Crippen LogP contribution < -0.4 is 22.1 Å². The number of nitrogens with zero attached hydrogens (tertiary/aromatic N) is 3. The molecule has 0 atom stereocenters. The van der Waals surface area contributed by atoms with Crippen LogP contribution in [0.2, 0.25) is 0 Å². The lowest BCUT2D eigenvalue weighted by molar-refractivity contribution is -0.384. The van der Waals surface area contributed by atoms with Gasteiger partial charge in [0.05, 0.1) is 15.4 Å². The predicted octanol–water partition coefficient (Wildman–Crippen LogP) is -0.661. The third-order valence-electron chi connectivity index (χ3n) is 3.98. The summed E-state index contributed by atoms with van der Waals surface area (Å²) in [4.78, 5) is 27.5. The highest BCUT2D eigenvalue weighted by Crippen LogP contribution is 2.38. The molecule has 11 nitrogen and oxygen atoms in total. The van der Waals surface area contributed by atoms with E-state index in [9.17, 15) is 23.3 Å². The van der Waals surface area contributed by atoms with Crippen molar-refractivity contribution in [1.29, 1.82) is 0 Å². The normalized spacial score (nSPS) is 15.5. The van der Waals surface area contributed by atoms with E-state index >= 15 is 0 Å². The Hall–Kier alpha value is -2.73. The SMILES string of the molecule is CS(=O)(=O)c1cc(C(=O)N=C(N)N)cc([N+](=O)[O-])c1N1CCC(N)CC1. The lowest BCUT2D eigenvalue weighted by Gasteiger charge is -2.32. The topological polar surface area (TPSA) is 188 Å². The van der Waals surface area contributed by atoms with Crippen molar-refractivity contribution in [2.24, 2.45) is 22.2 Å². The van der Waals surface area contributed by atoms with Gasteiger partial charge < -0.3 is 22.1 Å². The molecule has 12 heteroatoms. The van der Waals surface area contributed by atoms with E-state index in [1.165, 1.54) is 0 Å². The number of nitro benzene ring substituents is 1. The van der Waals surface area contributed by atoms with Crippen molar-refractivity contribution in [3.63, 3.8) is 0 Å². The van der Waals surface area contributed by atoms with Crippen LogP contribution in [0, 0.1) is 10.1 Å². The van der Waals surface area contributed by atoms with Gasteiger partial charge in [0, 0.05) is 31.5 Å². The minimum atomic E-state index is -3.88. The Balaban J connectivity index is 2.71. The largest absolute Gasteiger partial charge is 0.370 e. The van der Waals surface area contributed by atoms with Crippen LogP contribution in [0.4, 0.5) is 11.4 Å². The van der Waals surface area contributed by atoms with E-state index in [1.54, 1.807) is 4.90 Å². The van der Waals surface area contributed by atoms with Gasteiger partial charge in [-0.05, 0) is 18.9 Å². The third kappa shape index (κ3) is 4.26. The molecular weight excluding hydrogens is 364 g/mol. The first-order chi connectivity index (χ1) is 12.0. The lowest BCUT2D eigenvalue weighted by atomic mass is 10.0. The number of carbonyl (C=O) groups is 1. The maximum Gasteiger partial charge on any atom is 0.294 e. The molecule has 1 aliphatic rings. The zero-order valence-corrected chi connectivity index (χ0v) is 14.9. The van der Waals surface area contributed by atoms with E-state index in [4.69, 9.17) is 17.2 Å². The van der Waals surface area contributed by atoms with Gasteiger partial charge in [-0.25, -0.2) is 8.42 Å². The average Bonchev–Trinajstić information content (AvgIpc) is 2.52. The van der Waals surface area contributed by atoms with E-state index < -0.39 is 32.3 Å². The molecule has 1 fully saturated rings. The number of piperidine rings is 1. The van der Waals surface area contributed by atoms with Crippen LogP contribution in [0.15, 0.2) is 22.0 Å². The molecule has 1 amide bonds. The standard InChI is InChI=1S/C14H20N6O5S/c1-26(24,25)11-7-8(13(21)18-14(16)17)6-10(20(22)23)12(11)19-4-2-9(15)3-5-19/h6-7,9H,2-5,15H2,1H3,(H4,16,17,18,21). The minimum Gasteiger partial charge on any atom is -0.370 e. The third-order valence-corrected chi connectivity index (χ3v) is 5.09.